The average molecular weight is 374 g/mol. The Hall–Kier alpha value is -1.46. The zero-order valence-electron chi connectivity index (χ0n) is 14.5. The van der Waals surface area contributed by atoms with Crippen LogP contribution in [0.2, 0.25) is 5.02 Å². The molecule has 1 saturated carbocycles. The molecule has 0 N–H and O–H groups in total. The summed E-state index contributed by atoms with van der Waals surface area (Å²) in [5.74, 6) is 0.784. The number of hydrogen-bond acceptors (Lipinski definition) is 5. The fourth-order valence-electron chi connectivity index (χ4n) is 4.27. The van der Waals surface area contributed by atoms with Crippen LogP contribution >= 0.6 is 23.4 Å². The summed E-state index contributed by atoms with van der Waals surface area (Å²) in [5.41, 5.74) is 3.02. The highest BCUT2D eigenvalue weighted by Crippen LogP contribution is 2.66. The first-order valence-electron chi connectivity index (χ1n) is 8.49. The number of aromatic nitrogens is 3. The summed E-state index contributed by atoms with van der Waals surface area (Å²) in [7, 11) is 0. The topological polar surface area (TPSA) is 55.7 Å². The Morgan fingerprint density at radius 3 is 2.68 bits per heavy atom. The van der Waals surface area contributed by atoms with E-state index in [4.69, 9.17) is 16.6 Å². The van der Waals surface area contributed by atoms with Crippen LogP contribution in [0, 0.1) is 5.41 Å². The van der Waals surface area contributed by atoms with E-state index in [1.54, 1.807) is 24.3 Å². The number of ketones is 1. The molecular formula is C19H20ClN3OS. The van der Waals surface area contributed by atoms with Gasteiger partial charge in [-0.1, -0.05) is 44.1 Å². The summed E-state index contributed by atoms with van der Waals surface area (Å²) in [6.07, 6.45) is 2.30. The standard InChI is InChI=1S/C19H20ClN3OS/c1-18(2)13-8-9-19(18,3)16-15(13)22-23-17(21-16)25-10-14(24)11-4-6-12(20)7-5-11/h4-7,13H,8-10H2,1-3H3/t13-,19-/m1/s1. The first kappa shape index (κ1) is 17.0. The number of carbonyl (C=O) groups excluding carboxylic acids is 1. The van der Waals surface area contributed by atoms with Crippen molar-refractivity contribution in [3.8, 4) is 0 Å². The van der Waals surface area contributed by atoms with E-state index in [2.05, 4.69) is 31.0 Å². The molecule has 4 nitrogen and oxygen atoms in total. The Kier molecular flexibility index (Phi) is 3.92. The number of carbonyl (C=O) groups is 1. The molecule has 2 aliphatic carbocycles. The van der Waals surface area contributed by atoms with Crippen molar-refractivity contribution in [1.82, 2.24) is 15.2 Å². The Balaban J connectivity index is 1.53. The van der Waals surface area contributed by atoms with Gasteiger partial charge in [0.2, 0.25) is 5.16 Å². The van der Waals surface area contributed by atoms with Crippen LogP contribution in [0.4, 0.5) is 0 Å². The Labute approximate surface area is 156 Å². The molecule has 0 spiro atoms. The van der Waals surface area contributed by atoms with Crippen molar-refractivity contribution in [2.75, 3.05) is 5.75 Å². The van der Waals surface area contributed by atoms with E-state index < -0.39 is 0 Å². The molecule has 25 heavy (non-hydrogen) atoms. The van der Waals surface area contributed by atoms with Gasteiger partial charge in [0, 0.05) is 21.9 Å². The number of rotatable bonds is 4. The Morgan fingerprint density at radius 1 is 1.24 bits per heavy atom. The summed E-state index contributed by atoms with van der Waals surface area (Å²) in [4.78, 5) is 17.1. The molecule has 0 aliphatic heterocycles. The number of thioether (sulfide) groups is 1. The molecule has 0 radical (unpaired) electrons. The number of hydrogen-bond donors (Lipinski definition) is 0. The fourth-order valence-corrected chi connectivity index (χ4v) is 5.08. The molecule has 1 aromatic carbocycles. The predicted molar refractivity (Wildman–Crippen MR) is 99.4 cm³/mol. The molecule has 4 rings (SSSR count). The minimum atomic E-state index is 0.0406. The third-order valence-electron chi connectivity index (χ3n) is 6.27. The smallest absolute Gasteiger partial charge is 0.209 e. The van der Waals surface area contributed by atoms with Gasteiger partial charge < -0.3 is 0 Å². The molecule has 0 unspecified atom stereocenters. The van der Waals surface area contributed by atoms with Crippen LogP contribution in [-0.4, -0.2) is 26.7 Å². The predicted octanol–water partition coefficient (Wildman–Crippen LogP) is 4.67. The molecule has 6 heteroatoms. The van der Waals surface area contributed by atoms with Crippen molar-refractivity contribution in [3.05, 3.63) is 46.2 Å². The molecule has 1 fully saturated rings. The largest absolute Gasteiger partial charge is 0.293 e. The Bertz CT molecular complexity index is 852. The lowest BCUT2D eigenvalue weighted by molar-refractivity contribution is 0.102. The molecule has 0 amide bonds. The summed E-state index contributed by atoms with van der Waals surface area (Å²) >= 11 is 7.22. The first-order valence-corrected chi connectivity index (χ1v) is 9.86. The van der Waals surface area contributed by atoms with Gasteiger partial charge in [-0.15, -0.1) is 5.10 Å². The molecule has 1 heterocycles. The van der Waals surface area contributed by atoms with Gasteiger partial charge >= 0.3 is 0 Å². The lowest BCUT2D eigenvalue weighted by Crippen LogP contribution is -2.32. The fraction of sp³-hybridized carbons (Fsp3) is 0.474. The molecule has 1 aromatic heterocycles. The van der Waals surface area contributed by atoms with Gasteiger partial charge in [-0.3, -0.25) is 4.79 Å². The number of halogens is 1. The highest BCUT2D eigenvalue weighted by atomic mass is 35.5. The van der Waals surface area contributed by atoms with Gasteiger partial charge in [-0.25, -0.2) is 4.98 Å². The van der Waals surface area contributed by atoms with Crippen LogP contribution in [0.25, 0.3) is 0 Å². The van der Waals surface area contributed by atoms with Crippen molar-refractivity contribution in [3.63, 3.8) is 0 Å². The normalized spacial score (nSPS) is 25.8. The average Bonchev–Trinajstić information content (AvgIpc) is 2.92. The summed E-state index contributed by atoms with van der Waals surface area (Å²) in [6, 6.07) is 6.95. The van der Waals surface area contributed by atoms with Crippen molar-refractivity contribution in [2.24, 2.45) is 5.41 Å². The zero-order chi connectivity index (χ0) is 17.8. The highest BCUT2D eigenvalue weighted by Gasteiger charge is 2.61. The zero-order valence-corrected chi connectivity index (χ0v) is 16.1. The lowest BCUT2D eigenvalue weighted by Gasteiger charge is -2.33. The van der Waals surface area contributed by atoms with Gasteiger partial charge in [0.05, 0.1) is 17.1 Å². The molecule has 130 valence electrons. The lowest BCUT2D eigenvalue weighted by atomic mass is 9.70. The van der Waals surface area contributed by atoms with E-state index in [0.29, 0.717) is 27.4 Å². The van der Waals surface area contributed by atoms with Crippen LogP contribution in [0.5, 0.6) is 0 Å². The van der Waals surface area contributed by atoms with Crippen LogP contribution < -0.4 is 0 Å². The van der Waals surface area contributed by atoms with Gasteiger partial charge in [0.15, 0.2) is 5.78 Å². The second-order valence-electron chi connectivity index (χ2n) is 7.69. The maximum Gasteiger partial charge on any atom is 0.209 e. The number of nitrogens with zero attached hydrogens (tertiary/aromatic N) is 3. The molecular weight excluding hydrogens is 354 g/mol. The van der Waals surface area contributed by atoms with Crippen LogP contribution in [0.3, 0.4) is 0 Å². The summed E-state index contributed by atoms with van der Waals surface area (Å²) < 4.78 is 0. The summed E-state index contributed by atoms with van der Waals surface area (Å²) in [6.45, 7) is 6.91. The molecule has 2 atom stereocenters. The van der Waals surface area contributed by atoms with E-state index in [9.17, 15) is 4.79 Å². The highest BCUT2D eigenvalue weighted by molar-refractivity contribution is 7.99. The number of benzene rings is 1. The second-order valence-corrected chi connectivity index (χ2v) is 9.07. The maximum absolute atomic E-state index is 12.3. The van der Waals surface area contributed by atoms with Crippen molar-refractivity contribution >= 4 is 29.1 Å². The van der Waals surface area contributed by atoms with Crippen molar-refractivity contribution in [2.45, 2.75) is 50.1 Å². The molecule has 0 saturated heterocycles. The van der Waals surface area contributed by atoms with Gasteiger partial charge in [-0.2, -0.15) is 5.10 Å². The van der Waals surface area contributed by atoms with E-state index in [0.717, 1.165) is 24.2 Å². The van der Waals surface area contributed by atoms with E-state index in [1.165, 1.54) is 11.8 Å². The number of fused-ring (bicyclic) bond motifs is 5. The quantitative estimate of drug-likeness (QED) is 0.575. The van der Waals surface area contributed by atoms with Gasteiger partial charge in [-0.05, 0) is 42.5 Å². The van der Waals surface area contributed by atoms with Crippen molar-refractivity contribution < 1.29 is 4.79 Å². The van der Waals surface area contributed by atoms with E-state index in [1.807, 2.05) is 0 Å². The SMILES string of the molecule is CC1(C)[C@@H]2CC[C@]1(C)c1nc(SCC(=O)c3ccc(Cl)cc3)nnc12. The monoisotopic (exact) mass is 373 g/mol. The minimum absolute atomic E-state index is 0.0406. The summed E-state index contributed by atoms with van der Waals surface area (Å²) in [5, 5.41) is 9.97. The third kappa shape index (κ3) is 2.51. The number of Topliss-reactive ketones (excluding diaryl/α,β-unsaturated/α-hetero) is 1. The minimum Gasteiger partial charge on any atom is -0.293 e. The molecule has 2 bridgehead atoms. The molecule has 2 aliphatic rings. The van der Waals surface area contributed by atoms with Crippen LogP contribution in [-0.2, 0) is 5.41 Å². The second kappa shape index (κ2) is 5.78. The van der Waals surface area contributed by atoms with Crippen LogP contribution in [0.1, 0.15) is 61.3 Å². The van der Waals surface area contributed by atoms with Gasteiger partial charge in [0.25, 0.3) is 0 Å². The third-order valence-corrected chi connectivity index (χ3v) is 7.36. The van der Waals surface area contributed by atoms with Crippen LogP contribution in [0.15, 0.2) is 29.4 Å². The Morgan fingerprint density at radius 2 is 1.96 bits per heavy atom. The van der Waals surface area contributed by atoms with E-state index >= 15 is 0 Å². The first-order chi connectivity index (χ1) is 11.8. The van der Waals surface area contributed by atoms with Crippen molar-refractivity contribution in [1.29, 1.82) is 0 Å². The van der Waals surface area contributed by atoms with Gasteiger partial charge in [0.1, 0.15) is 0 Å². The van der Waals surface area contributed by atoms with E-state index in [-0.39, 0.29) is 16.6 Å². The molecule has 2 aromatic rings. The maximum atomic E-state index is 12.3.